The molecule has 3 aromatic heterocycles. The lowest BCUT2D eigenvalue weighted by molar-refractivity contribution is -0.120. The van der Waals surface area contributed by atoms with E-state index in [0.29, 0.717) is 41.2 Å². The summed E-state index contributed by atoms with van der Waals surface area (Å²) in [6.07, 6.45) is 5.39. The summed E-state index contributed by atoms with van der Waals surface area (Å²) in [6.45, 7) is 3.72. The highest BCUT2D eigenvalue weighted by Crippen LogP contribution is 2.47. The summed E-state index contributed by atoms with van der Waals surface area (Å²) in [6, 6.07) is 5.61. The number of nitrogens with one attached hydrogen (secondary N) is 2. The molecule has 0 unspecified atom stereocenters. The lowest BCUT2D eigenvalue weighted by Gasteiger charge is -2.53. The molecule has 3 aromatic rings. The number of carbonyl (C=O) groups is 2. The molecule has 2 saturated heterocycles. The van der Waals surface area contributed by atoms with E-state index >= 15 is 0 Å². The lowest BCUT2D eigenvalue weighted by Crippen LogP contribution is -2.58. The second-order valence-electron chi connectivity index (χ2n) is 9.74. The SMILES string of the molecule is CNC(=O)c1nnc(C2(C(N)=O)CC2)cc1Nc1nc2ccc(N3CC4(CCOCC4)C3)cn2n1. The third kappa shape index (κ3) is 3.64. The number of nitrogens with two attached hydrogens (primary N) is 1. The Morgan fingerprint density at radius 2 is 1.89 bits per heavy atom. The van der Waals surface area contributed by atoms with Gasteiger partial charge >= 0.3 is 0 Å². The van der Waals surface area contributed by atoms with E-state index < -0.39 is 17.2 Å². The second kappa shape index (κ2) is 7.87. The van der Waals surface area contributed by atoms with Gasteiger partial charge in [0.2, 0.25) is 11.9 Å². The van der Waals surface area contributed by atoms with Gasteiger partial charge in [0, 0.05) is 38.8 Å². The summed E-state index contributed by atoms with van der Waals surface area (Å²) in [5.41, 5.74) is 7.77. The van der Waals surface area contributed by atoms with Gasteiger partial charge in [-0.3, -0.25) is 9.59 Å². The van der Waals surface area contributed by atoms with Crippen molar-refractivity contribution in [2.75, 3.05) is 43.6 Å². The van der Waals surface area contributed by atoms with Crippen LogP contribution in [0.1, 0.15) is 41.9 Å². The molecule has 1 spiro atoms. The fourth-order valence-corrected chi connectivity index (χ4v) is 5.06. The molecule has 182 valence electrons. The summed E-state index contributed by atoms with van der Waals surface area (Å²) in [5.74, 6) is -0.557. The van der Waals surface area contributed by atoms with Gasteiger partial charge in [-0.2, -0.15) is 10.1 Å². The molecule has 12 heteroatoms. The summed E-state index contributed by atoms with van der Waals surface area (Å²) in [4.78, 5) is 31.3. The molecule has 6 rings (SSSR count). The molecule has 3 fully saturated rings. The molecule has 1 aliphatic carbocycles. The molecular weight excluding hydrogens is 450 g/mol. The predicted molar refractivity (Wildman–Crippen MR) is 126 cm³/mol. The Morgan fingerprint density at radius 1 is 1.11 bits per heavy atom. The highest BCUT2D eigenvalue weighted by molar-refractivity contribution is 5.98. The monoisotopic (exact) mass is 477 g/mol. The molecule has 2 aliphatic heterocycles. The molecular formula is C23H27N9O3. The summed E-state index contributed by atoms with van der Waals surface area (Å²) >= 11 is 0. The largest absolute Gasteiger partial charge is 0.381 e. The van der Waals surface area contributed by atoms with Crippen LogP contribution >= 0.6 is 0 Å². The average molecular weight is 478 g/mol. The van der Waals surface area contributed by atoms with Gasteiger partial charge in [-0.15, -0.1) is 10.2 Å². The zero-order valence-electron chi connectivity index (χ0n) is 19.5. The van der Waals surface area contributed by atoms with Crippen LogP contribution in [0.2, 0.25) is 0 Å². The molecule has 0 radical (unpaired) electrons. The molecule has 5 heterocycles. The van der Waals surface area contributed by atoms with E-state index in [0.717, 1.165) is 44.8 Å². The van der Waals surface area contributed by atoms with Gasteiger partial charge in [-0.25, -0.2) is 4.52 Å². The van der Waals surface area contributed by atoms with Gasteiger partial charge in [0.25, 0.3) is 5.91 Å². The van der Waals surface area contributed by atoms with Crippen molar-refractivity contribution >= 4 is 34.8 Å². The number of ether oxygens (including phenoxy) is 1. The first kappa shape index (κ1) is 21.7. The fraction of sp³-hybridized carbons (Fsp3) is 0.478. The molecule has 0 aromatic carbocycles. The van der Waals surface area contributed by atoms with Crippen molar-refractivity contribution in [3.05, 3.63) is 35.8 Å². The molecule has 12 nitrogen and oxygen atoms in total. The summed E-state index contributed by atoms with van der Waals surface area (Å²) < 4.78 is 7.23. The maximum Gasteiger partial charge on any atom is 0.273 e. The zero-order chi connectivity index (χ0) is 24.2. The molecule has 35 heavy (non-hydrogen) atoms. The van der Waals surface area contributed by atoms with Crippen LogP contribution in [0.25, 0.3) is 5.65 Å². The molecule has 0 bridgehead atoms. The van der Waals surface area contributed by atoms with Crippen LogP contribution in [0.4, 0.5) is 17.3 Å². The number of anilines is 3. The first-order valence-electron chi connectivity index (χ1n) is 11.8. The number of pyridine rings is 1. The lowest BCUT2D eigenvalue weighted by atomic mass is 9.73. The Bertz CT molecular complexity index is 1320. The van der Waals surface area contributed by atoms with Gasteiger partial charge in [0.05, 0.1) is 28.7 Å². The fourth-order valence-electron chi connectivity index (χ4n) is 5.06. The van der Waals surface area contributed by atoms with Crippen LogP contribution < -0.4 is 21.3 Å². The van der Waals surface area contributed by atoms with Gasteiger partial charge in [0.1, 0.15) is 0 Å². The third-order valence-corrected chi connectivity index (χ3v) is 7.48. The molecule has 3 aliphatic rings. The third-order valence-electron chi connectivity index (χ3n) is 7.48. The molecule has 0 atom stereocenters. The van der Waals surface area contributed by atoms with E-state index in [-0.39, 0.29) is 5.69 Å². The first-order valence-corrected chi connectivity index (χ1v) is 11.8. The maximum absolute atomic E-state index is 12.4. The van der Waals surface area contributed by atoms with E-state index in [1.807, 2.05) is 18.3 Å². The van der Waals surface area contributed by atoms with Crippen molar-refractivity contribution in [3.8, 4) is 0 Å². The van der Waals surface area contributed by atoms with Crippen molar-refractivity contribution in [2.45, 2.75) is 31.1 Å². The van der Waals surface area contributed by atoms with Gasteiger partial charge in [-0.1, -0.05) is 0 Å². The van der Waals surface area contributed by atoms with Crippen LogP contribution in [0.3, 0.4) is 0 Å². The Hall–Kier alpha value is -3.80. The van der Waals surface area contributed by atoms with Crippen molar-refractivity contribution in [1.82, 2.24) is 30.1 Å². The summed E-state index contributed by atoms with van der Waals surface area (Å²) in [5, 5.41) is 18.4. The van der Waals surface area contributed by atoms with Crippen LogP contribution in [0.5, 0.6) is 0 Å². The molecule has 2 amide bonds. The number of aromatic nitrogens is 5. The Labute approximate surface area is 201 Å². The Kier molecular flexibility index (Phi) is 4.88. The van der Waals surface area contributed by atoms with E-state index in [4.69, 9.17) is 10.5 Å². The zero-order valence-corrected chi connectivity index (χ0v) is 19.5. The van der Waals surface area contributed by atoms with Crippen LogP contribution in [0.15, 0.2) is 24.4 Å². The van der Waals surface area contributed by atoms with E-state index in [2.05, 4.69) is 35.8 Å². The van der Waals surface area contributed by atoms with Crippen molar-refractivity contribution in [3.63, 3.8) is 0 Å². The van der Waals surface area contributed by atoms with Gasteiger partial charge in [0.15, 0.2) is 11.3 Å². The molecule has 1 saturated carbocycles. The highest BCUT2D eigenvalue weighted by Gasteiger charge is 2.52. The Morgan fingerprint density at radius 3 is 2.57 bits per heavy atom. The highest BCUT2D eigenvalue weighted by atomic mass is 16.5. The number of rotatable bonds is 6. The minimum atomic E-state index is -0.828. The van der Waals surface area contributed by atoms with Crippen LogP contribution in [0, 0.1) is 5.41 Å². The van der Waals surface area contributed by atoms with Crippen molar-refractivity contribution in [2.24, 2.45) is 11.1 Å². The summed E-state index contributed by atoms with van der Waals surface area (Å²) in [7, 11) is 1.51. The van der Waals surface area contributed by atoms with Crippen molar-refractivity contribution < 1.29 is 14.3 Å². The second-order valence-corrected chi connectivity index (χ2v) is 9.74. The maximum atomic E-state index is 12.4. The molecule has 4 N–H and O–H groups in total. The van der Waals surface area contributed by atoms with Gasteiger partial charge in [-0.05, 0) is 43.9 Å². The number of amides is 2. The first-order chi connectivity index (χ1) is 16.9. The predicted octanol–water partition coefficient (Wildman–Crippen LogP) is 0.756. The number of hydrogen-bond acceptors (Lipinski definition) is 9. The van der Waals surface area contributed by atoms with Crippen molar-refractivity contribution in [1.29, 1.82) is 0 Å². The number of nitrogens with zero attached hydrogens (tertiary/aromatic N) is 6. The van der Waals surface area contributed by atoms with Crippen LogP contribution in [-0.4, -0.2) is 70.0 Å². The van der Waals surface area contributed by atoms with Crippen LogP contribution in [-0.2, 0) is 14.9 Å². The minimum Gasteiger partial charge on any atom is -0.381 e. The van der Waals surface area contributed by atoms with Gasteiger partial charge < -0.3 is 26.0 Å². The normalized spacial score (nSPS) is 19.9. The Balaban J connectivity index is 1.26. The van der Waals surface area contributed by atoms with E-state index in [1.54, 1.807) is 10.6 Å². The number of primary amides is 1. The number of hydrogen-bond donors (Lipinski definition) is 3. The van der Waals surface area contributed by atoms with E-state index in [9.17, 15) is 9.59 Å². The number of fused-ring (bicyclic) bond motifs is 1. The standard InChI is InChI=1S/C23H27N9O3/c1-25-19(33)18-15(10-16(28-29-18)23(4-5-23)20(24)34)26-21-27-17-3-2-14(11-32(17)30-21)31-12-22(13-31)6-8-35-9-7-22/h2-3,10-11H,4-9,12-13H2,1H3,(H2,24,34)(H,25,33)(H,26,28,30). The van der Waals surface area contributed by atoms with E-state index in [1.165, 1.54) is 7.05 Å². The minimum absolute atomic E-state index is 0.0819. The number of carbonyl (C=O) groups excluding carboxylic acids is 2. The topological polar surface area (TPSA) is 153 Å². The smallest absolute Gasteiger partial charge is 0.273 e. The quantitative estimate of drug-likeness (QED) is 0.467. The average Bonchev–Trinajstić information content (AvgIpc) is 3.57.